The van der Waals surface area contributed by atoms with Crippen molar-refractivity contribution in [2.24, 2.45) is 0 Å². The molecule has 1 atom stereocenters. The Balaban J connectivity index is 1.61. The topological polar surface area (TPSA) is 40.6 Å². The van der Waals surface area contributed by atoms with E-state index in [0.717, 1.165) is 16.5 Å². The first kappa shape index (κ1) is 21.8. The van der Waals surface area contributed by atoms with Crippen LogP contribution in [0.15, 0.2) is 64.5 Å². The van der Waals surface area contributed by atoms with Crippen LogP contribution >= 0.6 is 27.3 Å². The Labute approximate surface area is 195 Å². The number of amides is 2. The van der Waals surface area contributed by atoms with Gasteiger partial charge < -0.3 is 9.80 Å². The number of rotatable bonds is 5. The third-order valence-corrected chi connectivity index (χ3v) is 7.38. The van der Waals surface area contributed by atoms with Crippen molar-refractivity contribution < 1.29 is 9.59 Å². The lowest BCUT2D eigenvalue weighted by atomic mass is 9.90. The maximum absolute atomic E-state index is 13.5. The molecule has 2 heterocycles. The highest BCUT2D eigenvalue weighted by molar-refractivity contribution is 9.10. The Morgan fingerprint density at radius 3 is 2.55 bits per heavy atom. The smallest absolute Gasteiger partial charge is 0.254 e. The molecule has 0 N–H and O–H groups in total. The number of benzene rings is 2. The zero-order valence-electron chi connectivity index (χ0n) is 17.7. The first-order valence-electron chi connectivity index (χ1n) is 10.5. The van der Waals surface area contributed by atoms with Crippen molar-refractivity contribution in [2.45, 2.75) is 26.3 Å². The summed E-state index contributed by atoms with van der Waals surface area (Å²) in [6, 6.07) is 17.6. The zero-order chi connectivity index (χ0) is 22.0. The van der Waals surface area contributed by atoms with Crippen LogP contribution in [-0.4, -0.2) is 41.2 Å². The third kappa shape index (κ3) is 4.46. The van der Waals surface area contributed by atoms with Crippen molar-refractivity contribution in [3.05, 3.63) is 91.6 Å². The van der Waals surface area contributed by atoms with Gasteiger partial charge in [0.1, 0.15) is 6.54 Å². The Morgan fingerprint density at radius 1 is 1.10 bits per heavy atom. The minimum Gasteiger partial charge on any atom is -0.330 e. The van der Waals surface area contributed by atoms with Gasteiger partial charge in [0, 0.05) is 28.0 Å². The van der Waals surface area contributed by atoms with Crippen LogP contribution in [0.5, 0.6) is 0 Å². The summed E-state index contributed by atoms with van der Waals surface area (Å²) >= 11 is 5.16. The largest absolute Gasteiger partial charge is 0.330 e. The molecule has 0 spiro atoms. The average Bonchev–Trinajstić information content (AvgIpc) is 3.26. The molecule has 0 bridgehead atoms. The number of hydrogen-bond acceptors (Lipinski definition) is 3. The molecular formula is C25H25BrN2O2S. The highest BCUT2D eigenvalue weighted by Gasteiger charge is 2.34. The highest BCUT2D eigenvalue weighted by Crippen LogP contribution is 2.39. The van der Waals surface area contributed by atoms with Crippen LogP contribution in [0.25, 0.3) is 0 Å². The third-order valence-electron chi connectivity index (χ3n) is 5.86. The van der Waals surface area contributed by atoms with Crippen molar-refractivity contribution in [3.63, 3.8) is 0 Å². The summed E-state index contributed by atoms with van der Waals surface area (Å²) < 4.78 is 0.920. The van der Waals surface area contributed by atoms with Crippen molar-refractivity contribution in [1.29, 1.82) is 0 Å². The number of thiophene rings is 1. The molecule has 0 saturated heterocycles. The minimum absolute atomic E-state index is 0.0163. The number of carbonyl (C=O) groups is 2. The van der Waals surface area contributed by atoms with Gasteiger partial charge in [0.25, 0.3) is 5.91 Å². The van der Waals surface area contributed by atoms with Crippen LogP contribution in [0.4, 0.5) is 0 Å². The molecule has 2 aromatic carbocycles. The van der Waals surface area contributed by atoms with Gasteiger partial charge in [-0.25, -0.2) is 0 Å². The number of fused-ring (bicyclic) bond motifs is 1. The lowest BCUT2D eigenvalue weighted by molar-refractivity contribution is -0.134. The summed E-state index contributed by atoms with van der Waals surface area (Å²) in [6.07, 6.45) is 0.855. The van der Waals surface area contributed by atoms with E-state index in [2.05, 4.69) is 46.4 Å². The molecule has 4 rings (SSSR count). The predicted octanol–water partition coefficient (Wildman–Crippen LogP) is 5.46. The predicted molar refractivity (Wildman–Crippen MR) is 128 cm³/mol. The molecule has 0 fully saturated rings. The monoisotopic (exact) mass is 496 g/mol. The zero-order valence-corrected chi connectivity index (χ0v) is 20.1. The fraction of sp³-hybridized carbons (Fsp3) is 0.280. The summed E-state index contributed by atoms with van der Waals surface area (Å²) in [7, 11) is 0. The van der Waals surface area contributed by atoms with E-state index in [0.29, 0.717) is 18.7 Å². The lowest BCUT2D eigenvalue weighted by Crippen LogP contribution is -2.46. The molecule has 1 aliphatic rings. The molecule has 1 aromatic heterocycles. The van der Waals surface area contributed by atoms with Gasteiger partial charge in [-0.2, -0.15) is 0 Å². The van der Waals surface area contributed by atoms with Gasteiger partial charge >= 0.3 is 0 Å². The fourth-order valence-corrected chi connectivity index (χ4v) is 5.34. The summed E-state index contributed by atoms with van der Waals surface area (Å²) in [5.41, 5.74) is 4.12. The second-order valence-corrected chi connectivity index (χ2v) is 9.64. The van der Waals surface area contributed by atoms with E-state index in [1.54, 1.807) is 28.4 Å². The maximum atomic E-state index is 13.5. The summed E-state index contributed by atoms with van der Waals surface area (Å²) in [6.45, 7) is 5.22. The Bertz CT molecular complexity index is 1090. The van der Waals surface area contributed by atoms with Crippen LogP contribution < -0.4 is 0 Å². The Kier molecular flexibility index (Phi) is 6.58. The minimum atomic E-state index is -0.121. The molecule has 0 unspecified atom stereocenters. The van der Waals surface area contributed by atoms with Crippen LogP contribution in [-0.2, 0) is 11.2 Å². The van der Waals surface area contributed by atoms with Crippen molar-refractivity contribution >= 4 is 39.1 Å². The van der Waals surface area contributed by atoms with Crippen molar-refractivity contribution in [1.82, 2.24) is 9.80 Å². The SMILES string of the molecule is CCN(CC(=O)N1CCc2sccc2[C@H]1c1ccccc1C)C(=O)c1ccc(Br)cc1. The van der Waals surface area contributed by atoms with E-state index >= 15 is 0 Å². The van der Waals surface area contributed by atoms with E-state index in [4.69, 9.17) is 0 Å². The maximum Gasteiger partial charge on any atom is 0.254 e. The molecule has 4 nitrogen and oxygen atoms in total. The van der Waals surface area contributed by atoms with Crippen LogP contribution in [0.2, 0.25) is 0 Å². The van der Waals surface area contributed by atoms with Crippen molar-refractivity contribution in [2.75, 3.05) is 19.6 Å². The molecule has 6 heteroatoms. The number of aryl methyl sites for hydroxylation is 1. The van der Waals surface area contributed by atoms with E-state index in [1.807, 2.05) is 36.1 Å². The van der Waals surface area contributed by atoms with Crippen LogP contribution in [0.1, 0.15) is 44.9 Å². The average molecular weight is 497 g/mol. The van der Waals surface area contributed by atoms with Gasteiger partial charge in [-0.1, -0.05) is 40.2 Å². The molecule has 160 valence electrons. The number of halogens is 1. The lowest BCUT2D eigenvalue weighted by Gasteiger charge is -2.38. The van der Waals surface area contributed by atoms with E-state index < -0.39 is 0 Å². The summed E-state index contributed by atoms with van der Waals surface area (Å²) in [5.74, 6) is -0.138. The second kappa shape index (κ2) is 9.37. The van der Waals surface area contributed by atoms with E-state index in [1.165, 1.54) is 16.0 Å². The summed E-state index contributed by atoms with van der Waals surface area (Å²) in [5, 5.41) is 2.11. The number of likely N-dealkylation sites (N-methyl/N-ethyl adjacent to an activating group) is 1. The first-order valence-corrected chi connectivity index (χ1v) is 12.1. The Morgan fingerprint density at radius 2 is 1.84 bits per heavy atom. The molecule has 1 aliphatic heterocycles. The van der Waals surface area contributed by atoms with Gasteiger partial charge in [0.2, 0.25) is 5.91 Å². The number of hydrogen-bond donors (Lipinski definition) is 0. The normalized spacial score (nSPS) is 15.5. The van der Waals surface area contributed by atoms with Gasteiger partial charge in [-0.15, -0.1) is 11.3 Å². The molecule has 0 saturated carbocycles. The molecule has 2 amide bonds. The molecule has 0 radical (unpaired) electrons. The number of carbonyl (C=O) groups excluding carboxylic acids is 2. The Hall–Kier alpha value is -2.44. The van der Waals surface area contributed by atoms with E-state index in [-0.39, 0.29) is 24.4 Å². The van der Waals surface area contributed by atoms with Crippen LogP contribution in [0, 0.1) is 6.92 Å². The quantitative estimate of drug-likeness (QED) is 0.470. The van der Waals surface area contributed by atoms with Crippen molar-refractivity contribution in [3.8, 4) is 0 Å². The highest BCUT2D eigenvalue weighted by atomic mass is 79.9. The molecular weight excluding hydrogens is 472 g/mol. The second-order valence-electron chi connectivity index (χ2n) is 7.72. The molecule has 0 aliphatic carbocycles. The van der Waals surface area contributed by atoms with Gasteiger partial charge in [-0.05, 0) is 72.7 Å². The van der Waals surface area contributed by atoms with Gasteiger partial charge in [-0.3, -0.25) is 9.59 Å². The summed E-state index contributed by atoms with van der Waals surface area (Å²) in [4.78, 5) is 31.4. The van der Waals surface area contributed by atoms with Gasteiger partial charge in [0.15, 0.2) is 0 Å². The number of nitrogens with zero attached hydrogens (tertiary/aromatic N) is 2. The fourth-order valence-electron chi connectivity index (χ4n) is 4.17. The molecule has 3 aromatic rings. The standard InChI is InChI=1S/C25H25BrN2O2S/c1-3-27(25(30)18-8-10-19(26)11-9-18)16-23(29)28-14-12-22-21(13-15-31-22)24(28)20-7-5-4-6-17(20)2/h4-11,13,15,24H,3,12,14,16H2,1-2H3/t24-/m1/s1. The first-order chi connectivity index (χ1) is 15.0. The van der Waals surface area contributed by atoms with Crippen LogP contribution in [0.3, 0.4) is 0 Å². The van der Waals surface area contributed by atoms with Gasteiger partial charge in [0.05, 0.1) is 6.04 Å². The van der Waals surface area contributed by atoms with E-state index in [9.17, 15) is 9.59 Å². The molecule has 31 heavy (non-hydrogen) atoms.